The van der Waals surface area contributed by atoms with Crippen molar-refractivity contribution in [3.63, 3.8) is 0 Å². The lowest BCUT2D eigenvalue weighted by molar-refractivity contribution is -0.134. The van der Waals surface area contributed by atoms with Crippen LogP contribution in [-0.4, -0.2) is 39.1 Å². The third-order valence-corrected chi connectivity index (χ3v) is 5.41. The van der Waals surface area contributed by atoms with Crippen molar-refractivity contribution in [3.8, 4) is 16.9 Å². The van der Waals surface area contributed by atoms with E-state index in [1.54, 1.807) is 12.4 Å². The molecule has 150 valence electrons. The fourth-order valence-corrected chi connectivity index (χ4v) is 3.99. The van der Waals surface area contributed by atoms with Gasteiger partial charge in [-0.15, -0.1) is 0 Å². The lowest BCUT2D eigenvalue weighted by Gasteiger charge is -2.36. The number of nitrogens with one attached hydrogen (secondary N) is 1. The Balaban J connectivity index is 1.54. The number of likely N-dealkylation sites (tertiary alicyclic amines) is 1. The van der Waals surface area contributed by atoms with Gasteiger partial charge >= 0.3 is 0 Å². The van der Waals surface area contributed by atoms with E-state index in [9.17, 15) is 4.79 Å². The van der Waals surface area contributed by atoms with Crippen LogP contribution in [0.3, 0.4) is 0 Å². The number of benzene rings is 1. The monoisotopic (exact) mass is 390 g/mol. The summed E-state index contributed by atoms with van der Waals surface area (Å²) in [4.78, 5) is 19.3. The molecule has 1 aliphatic heterocycles. The molecule has 6 heteroatoms. The summed E-state index contributed by atoms with van der Waals surface area (Å²) in [7, 11) is 0. The molecule has 1 N–H and O–H groups in total. The van der Waals surface area contributed by atoms with Gasteiger partial charge in [-0.1, -0.05) is 12.1 Å². The molecule has 0 radical (unpaired) electrons. The number of aromatic nitrogens is 3. The number of aromatic amines is 1. The van der Waals surface area contributed by atoms with Crippen molar-refractivity contribution in [1.29, 1.82) is 0 Å². The number of rotatable bonds is 6. The van der Waals surface area contributed by atoms with Gasteiger partial charge in [0.25, 0.3) is 0 Å². The van der Waals surface area contributed by atoms with E-state index in [1.165, 1.54) is 0 Å². The summed E-state index contributed by atoms with van der Waals surface area (Å²) >= 11 is 0. The van der Waals surface area contributed by atoms with Crippen LogP contribution in [0.15, 0.2) is 55.0 Å². The highest BCUT2D eigenvalue weighted by molar-refractivity contribution is 5.80. The molecule has 1 saturated heterocycles. The van der Waals surface area contributed by atoms with Crippen molar-refractivity contribution in [3.05, 3.63) is 66.2 Å². The highest BCUT2D eigenvalue weighted by Crippen LogP contribution is 2.35. The first-order valence-electron chi connectivity index (χ1n) is 10.2. The first kappa shape index (κ1) is 19.2. The molecule has 4 rings (SSSR count). The second-order valence-corrected chi connectivity index (χ2v) is 7.29. The van der Waals surface area contributed by atoms with Gasteiger partial charge in [0.2, 0.25) is 5.91 Å². The summed E-state index contributed by atoms with van der Waals surface area (Å²) < 4.78 is 5.49. The van der Waals surface area contributed by atoms with Crippen LogP contribution in [0, 0.1) is 0 Å². The first-order valence-corrected chi connectivity index (χ1v) is 10.2. The maximum absolute atomic E-state index is 13.2. The number of H-pyrrole nitrogens is 1. The zero-order valence-corrected chi connectivity index (χ0v) is 16.7. The van der Waals surface area contributed by atoms with Gasteiger partial charge in [0.15, 0.2) is 0 Å². The predicted molar refractivity (Wildman–Crippen MR) is 111 cm³/mol. The molecule has 3 heterocycles. The fourth-order valence-electron chi connectivity index (χ4n) is 3.99. The van der Waals surface area contributed by atoms with E-state index in [1.807, 2.05) is 54.4 Å². The van der Waals surface area contributed by atoms with E-state index in [0.717, 1.165) is 53.9 Å². The maximum atomic E-state index is 13.2. The Bertz CT molecular complexity index is 937. The molecule has 1 fully saturated rings. The average Bonchev–Trinajstić information content (AvgIpc) is 3.26. The van der Waals surface area contributed by atoms with Crippen LogP contribution >= 0.6 is 0 Å². The molecule has 6 nitrogen and oxygen atoms in total. The molecular formula is C23H26N4O2. The third kappa shape index (κ3) is 4.31. The van der Waals surface area contributed by atoms with E-state index in [0.29, 0.717) is 13.0 Å². The maximum Gasteiger partial charge on any atom is 0.227 e. The summed E-state index contributed by atoms with van der Waals surface area (Å²) in [6, 6.07) is 11.8. The van der Waals surface area contributed by atoms with E-state index in [4.69, 9.17) is 4.74 Å². The number of piperidine rings is 1. The van der Waals surface area contributed by atoms with E-state index < -0.39 is 0 Å². The molecule has 0 spiro atoms. The Morgan fingerprint density at radius 3 is 2.72 bits per heavy atom. The van der Waals surface area contributed by atoms with Crippen LogP contribution < -0.4 is 4.74 Å². The Labute approximate surface area is 170 Å². The van der Waals surface area contributed by atoms with Crippen molar-refractivity contribution >= 4 is 5.91 Å². The van der Waals surface area contributed by atoms with Crippen molar-refractivity contribution in [2.45, 2.75) is 38.6 Å². The van der Waals surface area contributed by atoms with Gasteiger partial charge < -0.3 is 9.64 Å². The zero-order chi connectivity index (χ0) is 20.1. The Hall–Kier alpha value is -3.15. The van der Waals surface area contributed by atoms with Crippen molar-refractivity contribution in [2.24, 2.45) is 0 Å². The van der Waals surface area contributed by atoms with E-state index in [-0.39, 0.29) is 11.9 Å². The molecule has 0 bridgehead atoms. The van der Waals surface area contributed by atoms with Crippen LogP contribution in [0.4, 0.5) is 0 Å². The van der Waals surface area contributed by atoms with Gasteiger partial charge in [0.05, 0.1) is 31.0 Å². The Morgan fingerprint density at radius 2 is 1.97 bits per heavy atom. The minimum absolute atomic E-state index is 0.0182. The number of nitrogens with zero attached hydrogens (tertiary/aromatic N) is 3. The van der Waals surface area contributed by atoms with Crippen LogP contribution in [0.1, 0.15) is 43.5 Å². The van der Waals surface area contributed by atoms with Crippen LogP contribution in [0.5, 0.6) is 5.75 Å². The van der Waals surface area contributed by atoms with Crippen LogP contribution in [-0.2, 0) is 11.2 Å². The van der Waals surface area contributed by atoms with Gasteiger partial charge in [-0.25, -0.2) is 0 Å². The number of pyridine rings is 1. The molecule has 1 atom stereocenters. The smallest absolute Gasteiger partial charge is 0.227 e. The standard InChI is InChI=1S/C23H26N4O2/c1-2-29-19-8-6-17(7-9-19)15-22(28)27-14-4-3-5-21(27)23-20(16-25-26-23)18-10-12-24-13-11-18/h6-13,16,21H,2-5,14-15H2,1H3,(H,25,26)/t21-/m1/s1. The highest BCUT2D eigenvalue weighted by atomic mass is 16.5. The minimum Gasteiger partial charge on any atom is -0.494 e. The number of carbonyl (C=O) groups is 1. The lowest BCUT2D eigenvalue weighted by Crippen LogP contribution is -2.39. The molecular weight excluding hydrogens is 364 g/mol. The summed E-state index contributed by atoms with van der Waals surface area (Å²) in [6.45, 7) is 3.37. The fraction of sp³-hybridized carbons (Fsp3) is 0.348. The van der Waals surface area contributed by atoms with E-state index in [2.05, 4.69) is 15.2 Å². The number of hydrogen-bond acceptors (Lipinski definition) is 4. The first-order chi connectivity index (χ1) is 14.3. The summed E-state index contributed by atoms with van der Waals surface area (Å²) in [6.07, 6.45) is 8.87. The largest absolute Gasteiger partial charge is 0.494 e. The van der Waals surface area contributed by atoms with Crippen LogP contribution in [0.2, 0.25) is 0 Å². The van der Waals surface area contributed by atoms with Crippen molar-refractivity contribution in [2.75, 3.05) is 13.2 Å². The summed E-state index contributed by atoms with van der Waals surface area (Å²) in [5.74, 6) is 0.980. The molecule has 0 unspecified atom stereocenters. The van der Waals surface area contributed by atoms with Crippen molar-refractivity contribution < 1.29 is 9.53 Å². The molecule has 1 amide bonds. The SMILES string of the molecule is CCOc1ccc(CC(=O)N2CCCC[C@@H]2c2[nH]ncc2-c2ccncc2)cc1. The van der Waals surface area contributed by atoms with Gasteiger partial charge in [-0.2, -0.15) is 5.10 Å². The van der Waals surface area contributed by atoms with E-state index >= 15 is 0 Å². The number of ether oxygens (including phenoxy) is 1. The molecule has 1 aliphatic rings. The molecule has 3 aromatic rings. The van der Waals surface area contributed by atoms with Gasteiger partial charge in [-0.05, 0) is 61.6 Å². The second-order valence-electron chi connectivity index (χ2n) is 7.29. The molecule has 29 heavy (non-hydrogen) atoms. The number of hydrogen-bond donors (Lipinski definition) is 1. The molecule has 2 aromatic heterocycles. The lowest BCUT2D eigenvalue weighted by atomic mass is 9.94. The van der Waals surface area contributed by atoms with Gasteiger partial charge in [0, 0.05) is 24.5 Å². The summed E-state index contributed by atoms with van der Waals surface area (Å²) in [5.41, 5.74) is 4.11. The third-order valence-electron chi connectivity index (χ3n) is 5.41. The quantitative estimate of drug-likeness (QED) is 0.686. The topological polar surface area (TPSA) is 71.1 Å². The Kier molecular flexibility index (Phi) is 5.89. The van der Waals surface area contributed by atoms with Gasteiger partial charge in [0.1, 0.15) is 5.75 Å². The minimum atomic E-state index is 0.0182. The highest BCUT2D eigenvalue weighted by Gasteiger charge is 2.30. The van der Waals surface area contributed by atoms with Crippen molar-refractivity contribution in [1.82, 2.24) is 20.1 Å². The Morgan fingerprint density at radius 1 is 1.17 bits per heavy atom. The summed E-state index contributed by atoms with van der Waals surface area (Å²) in [5, 5.41) is 7.44. The second kappa shape index (κ2) is 8.90. The average molecular weight is 390 g/mol. The number of amides is 1. The van der Waals surface area contributed by atoms with Gasteiger partial charge in [-0.3, -0.25) is 14.9 Å². The normalized spacial score (nSPS) is 16.6. The molecule has 1 aromatic carbocycles. The molecule has 0 saturated carbocycles. The van der Waals surface area contributed by atoms with Crippen LogP contribution in [0.25, 0.3) is 11.1 Å². The molecule has 0 aliphatic carbocycles. The zero-order valence-electron chi connectivity index (χ0n) is 16.7. The number of carbonyl (C=O) groups excluding carboxylic acids is 1. The predicted octanol–water partition coefficient (Wildman–Crippen LogP) is 4.17.